The van der Waals surface area contributed by atoms with Gasteiger partial charge in [0.15, 0.2) is 5.13 Å². The molecule has 3 aromatic rings. The second-order valence-corrected chi connectivity index (χ2v) is 9.12. The Labute approximate surface area is 196 Å². The van der Waals surface area contributed by atoms with E-state index in [9.17, 15) is 4.79 Å². The largest absolute Gasteiger partial charge is 0.497 e. The number of anilines is 1. The highest BCUT2D eigenvalue weighted by Crippen LogP contribution is 2.33. The summed E-state index contributed by atoms with van der Waals surface area (Å²) in [7, 11) is 3.14. The Balaban J connectivity index is 1.28. The Hall–Kier alpha value is -2.55. The van der Waals surface area contributed by atoms with Crippen molar-refractivity contribution in [3.8, 4) is 11.5 Å². The summed E-state index contributed by atoms with van der Waals surface area (Å²) in [4.78, 5) is 22.1. The lowest BCUT2D eigenvalue weighted by molar-refractivity contribution is 0.0947. The lowest BCUT2D eigenvalue weighted by atomic mass is 10.2. The van der Waals surface area contributed by atoms with E-state index in [1.54, 1.807) is 43.8 Å². The number of hydrogen-bond donors (Lipinski definition) is 1. The normalized spacial score (nSPS) is 14.6. The second kappa shape index (κ2) is 9.94. The molecule has 1 aromatic heterocycles. The van der Waals surface area contributed by atoms with E-state index in [4.69, 9.17) is 26.1 Å². The van der Waals surface area contributed by atoms with Crippen molar-refractivity contribution >= 4 is 44.2 Å². The molecule has 2 heterocycles. The molecule has 1 aliphatic rings. The SMILES string of the molecule is COc1cc(OC)cc(C(=O)NCCN2CCN(c3nc4c(C)c(Cl)ccc4s3)CC2)c1. The summed E-state index contributed by atoms with van der Waals surface area (Å²) in [6, 6.07) is 9.16. The molecular weight excluding hydrogens is 448 g/mol. The average Bonchev–Trinajstić information content (AvgIpc) is 3.26. The van der Waals surface area contributed by atoms with Gasteiger partial charge in [-0.05, 0) is 36.8 Å². The molecule has 2 aromatic carbocycles. The number of amides is 1. The van der Waals surface area contributed by atoms with E-state index in [2.05, 4.69) is 15.1 Å². The highest BCUT2D eigenvalue weighted by atomic mass is 35.5. The van der Waals surface area contributed by atoms with Crippen LogP contribution in [0.5, 0.6) is 11.5 Å². The van der Waals surface area contributed by atoms with Gasteiger partial charge in [-0.15, -0.1) is 0 Å². The standard InChI is InChI=1S/C23H27ClN4O3S/c1-15-19(24)4-5-20-21(15)26-23(32-20)28-10-8-27(9-11-28)7-6-25-22(29)16-12-17(30-2)14-18(13-16)31-3/h4-5,12-14H,6-11H2,1-3H3,(H,25,29). The van der Waals surface area contributed by atoms with Gasteiger partial charge in [-0.1, -0.05) is 22.9 Å². The van der Waals surface area contributed by atoms with Gasteiger partial charge in [0.1, 0.15) is 11.5 Å². The summed E-state index contributed by atoms with van der Waals surface area (Å²) >= 11 is 7.96. The number of ether oxygens (including phenoxy) is 2. The van der Waals surface area contributed by atoms with E-state index in [-0.39, 0.29) is 5.91 Å². The predicted molar refractivity (Wildman–Crippen MR) is 130 cm³/mol. The molecule has 0 saturated carbocycles. The van der Waals surface area contributed by atoms with Crippen LogP contribution in [0.25, 0.3) is 10.2 Å². The van der Waals surface area contributed by atoms with Crippen molar-refractivity contribution in [3.05, 3.63) is 46.5 Å². The fourth-order valence-corrected chi connectivity index (χ4v) is 4.98. The Morgan fingerprint density at radius 1 is 1.12 bits per heavy atom. The summed E-state index contributed by atoms with van der Waals surface area (Å²) in [5, 5.41) is 4.80. The van der Waals surface area contributed by atoms with Crippen LogP contribution in [0.1, 0.15) is 15.9 Å². The Bertz CT molecular complexity index is 1090. The van der Waals surface area contributed by atoms with Gasteiger partial charge in [-0.2, -0.15) is 0 Å². The first kappa shape index (κ1) is 22.6. The molecule has 0 bridgehead atoms. The summed E-state index contributed by atoms with van der Waals surface area (Å²) in [6.07, 6.45) is 0. The van der Waals surface area contributed by atoms with E-state index in [0.717, 1.165) is 54.0 Å². The quantitative estimate of drug-likeness (QED) is 0.561. The van der Waals surface area contributed by atoms with Crippen LogP contribution in [0.15, 0.2) is 30.3 Å². The van der Waals surface area contributed by atoms with Gasteiger partial charge in [0, 0.05) is 55.9 Å². The third-order valence-electron chi connectivity index (χ3n) is 5.71. The number of halogens is 1. The number of methoxy groups -OCH3 is 2. The first-order valence-electron chi connectivity index (χ1n) is 10.5. The van der Waals surface area contributed by atoms with Crippen LogP contribution in [0.3, 0.4) is 0 Å². The summed E-state index contributed by atoms with van der Waals surface area (Å²) in [5.41, 5.74) is 2.56. The monoisotopic (exact) mass is 474 g/mol. The number of piperazine rings is 1. The first-order valence-corrected chi connectivity index (χ1v) is 11.7. The fourth-order valence-electron chi connectivity index (χ4n) is 3.75. The molecule has 9 heteroatoms. The molecule has 1 aliphatic heterocycles. The van der Waals surface area contributed by atoms with Gasteiger partial charge in [0.25, 0.3) is 5.91 Å². The fraction of sp³-hybridized carbons (Fsp3) is 0.391. The van der Waals surface area contributed by atoms with Crippen molar-refractivity contribution in [2.75, 3.05) is 58.4 Å². The van der Waals surface area contributed by atoms with E-state index >= 15 is 0 Å². The molecule has 1 amide bonds. The van der Waals surface area contributed by atoms with E-state index < -0.39 is 0 Å². The molecule has 1 fully saturated rings. The summed E-state index contributed by atoms with van der Waals surface area (Å²) < 4.78 is 11.7. The van der Waals surface area contributed by atoms with Gasteiger partial charge in [0.05, 0.1) is 24.4 Å². The Morgan fingerprint density at radius 2 is 1.81 bits per heavy atom. The molecule has 0 aliphatic carbocycles. The van der Waals surface area contributed by atoms with Gasteiger partial charge >= 0.3 is 0 Å². The molecule has 1 saturated heterocycles. The predicted octanol–water partition coefficient (Wildman–Crippen LogP) is 3.83. The van der Waals surface area contributed by atoms with E-state index in [0.29, 0.717) is 23.6 Å². The van der Waals surface area contributed by atoms with Crippen LogP contribution in [-0.2, 0) is 0 Å². The van der Waals surface area contributed by atoms with Crippen molar-refractivity contribution in [1.82, 2.24) is 15.2 Å². The minimum atomic E-state index is -0.135. The number of carbonyl (C=O) groups is 1. The zero-order valence-electron chi connectivity index (χ0n) is 18.5. The topological polar surface area (TPSA) is 66.9 Å². The number of nitrogens with zero attached hydrogens (tertiary/aromatic N) is 3. The molecule has 4 rings (SSSR count). The maximum absolute atomic E-state index is 12.5. The number of thiazole rings is 1. The Morgan fingerprint density at radius 3 is 2.47 bits per heavy atom. The maximum Gasteiger partial charge on any atom is 0.251 e. The van der Waals surface area contributed by atoms with Crippen molar-refractivity contribution < 1.29 is 14.3 Å². The lowest BCUT2D eigenvalue weighted by Gasteiger charge is -2.34. The minimum absolute atomic E-state index is 0.135. The van der Waals surface area contributed by atoms with Gasteiger partial charge in [-0.3, -0.25) is 9.69 Å². The zero-order chi connectivity index (χ0) is 22.7. The molecule has 0 spiro atoms. The Kier molecular flexibility index (Phi) is 7.03. The minimum Gasteiger partial charge on any atom is -0.497 e. The number of hydrogen-bond acceptors (Lipinski definition) is 7. The van der Waals surface area contributed by atoms with E-state index in [1.807, 2.05) is 19.1 Å². The van der Waals surface area contributed by atoms with Crippen molar-refractivity contribution in [3.63, 3.8) is 0 Å². The smallest absolute Gasteiger partial charge is 0.251 e. The van der Waals surface area contributed by atoms with Gasteiger partial charge in [0.2, 0.25) is 0 Å². The van der Waals surface area contributed by atoms with Crippen LogP contribution in [-0.4, -0.2) is 69.3 Å². The van der Waals surface area contributed by atoms with Crippen molar-refractivity contribution in [2.24, 2.45) is 0 Å². The first-order chi connectivity index (χ1) is 15.5. The summed E-state index contributed by atoms with van der Waals surface area (Å²) in [5.74, 6) is 1.06. The van der Waals surface area contributed by atoms with Crippen LogP contribution >= 0.6 is 22.9 Å². The highest BCUT2D eigenvalue weighted by molar-refractivity contribution is 7.22. The van der Waals surface area contributed by atoms with E-state index in [1.165, 1.54) is 4.70 Å². The van der Waals surface area contributed by atoms with Gasteiger partial charge in [-0.25, -0.2) is 4.98 Å². The van der Waals surface area contributed by atoms with Crippen LogP contribution in [0, 0.1) is 6.92 Å². The molecule has 1 N–H and O–H groups in total. The molecule has 32 heavy (non-hydrogen) atoms. The van der Waals surface area contributed by atoms with Crippen LogP contribution < -0.4 is 19.7 Å². The zero-order valence-corrected chi connectivity index (χ0v) is 20.1. The molecule has 0 unspecified atom stereocenters. The number of benzene rings is 2. The van der Waals surface area contributed by atoms with Crippen molar-refractivity contribution in [2.45, 2.75) is 6.92 Å². The maximum atomic E-state index is 12.5. The molecule has 0 radical (unpaired) electrons. The molecule has 170 valence electrons. The summed E-state index contributed by atoms with van der Waals surface area (Å²) in [6.45, 7) is 7.08. The number of carbonyl (C=O) groups excluding carboxylic acids is 1. The molecule has 0 atom stereocenters. The lowest BCUT2D eigenvalue weighted by Crippen LogP contribution is -2.48. The highest BCUT2D eigenvalue weighted by Gasteiger charge is 2.20. The molecule has 7 nitrogen and oxygen atoms in total. The molecular formula is C23H27ClN4O3S. The number of fused-ring (bicyclic) bond motifs is 1. The number of nitrogens with one attached hydrogen (secondary N) is 1. The number of rotatable bonds is 7. The van der Waals surface area contributed by atoms with Crippen LogP contribution in [0.4, 0.5) is 5.13 Å². The number of aryl methyl sites for hydroxylation is 1. The number of aromatic nitrogens is 1. The third-order valence-corrected chi connectivity index (χ3v) is 7.20. The second-order valence-electron chi connectivity index (χ2n) is 7.70. The van der Waals surface area contributed by atoms with Gasteiger partial charge < -0.3 is 19.7 Å². The third kappa shape index (κ3) is 4.92. The van der Waals surface area contributed by atoms with Crippen LogP contribution in [0.2, 0.25) is 5.02 Å². The average molecular weight is 475 g/mol. The van der Waals surface area contributed by atoms with Crippen molar-refractivity contribution in [1.29, 1.82) is 0 Å².